The topological polar surface area (TPSA) is 54.0 Å². The minimum Gasteiger partial charge on any atom is -0.325 e. The fraction of sp³-hybridized carbons (Fsp3) is 0.217. The van der Waals surface area contributed by atoms with Crippen molar-refractivity contribution in [2.24, 2.45) is 0 Å². The van der Waals surface area contributed by atoms with E-state index in [-0.39, 0.29) is 17.9 Å². The summed E-state index contributed by atoms with van der Waals surface area (Å²) in [4.78, 5) is 18.0. The van der Waals surface area contributed by atoms with Crippen LogP contribution in [0.5, 0.6) is 0 Å². The summed E-state index contributed by atoms with van der Waals surface area (Å²) in [5, 5.41) is 7.97. The number of nitrogens with zero attached hydrogens (tertiary/aromatic N) is 1. The number of piperidine rings is 1. The van der Waals surface area contributed by atoms with Crippen LogP contribution in [0.15, 0.2) is 67.0 Å². The molecule has 2 N–H and O–H groups in total. The summed E-state index contributed by atoms with van der Waals surface area (Å²) in [6, 6.07) is 17.2. The van der Waals surface area contributed by atoms with Crippen LogP contribution >= 0.6 is 23.2 Å². The highest BCUT2D eigenvalue weighted by Gasteiger charge is 2.59. The Hall–Kier alpha value is -2.40. The average Bonchev–Trinajstić information content (AvgIpc) is 3.00. The van der Waals surface area contributed by atoms with E-state index in [0.717, 1.165) is 35.3 Å². The predicted octanol–water partition coefficient (Wildman–Crippen LogP) is 5.10. The molecular weight excluding hydrogens is 405 g/mol. The zero-order valence-electron chi connectivity index (χ0n) is 15.5. The van der Waals surface area contributed by atoms with Crippen molar-refractivity contribution in [3.8, 4) is 0 Å². The van der Waals surface area contributed by atoms with E-state index >= 15 is 0 Å². The van der Waals surface area contributed by atoms with Crippen LogP contribution in [0.2, 0.25) is 10.0 Å². The van der Waals surface area contributed by atoms with Gasteiger partial charge < -0.3 is 10.6 Å². The highest BCUT2D eigenvalue weighted by Crippen LogP contribution is 2.57. The molecule has 5 rings (SSSR count). The first-order valence-corrected chi connectivity index (χ1v) is 10.4. The average molecular weight is 424 g/mol. The lowest BCUT2D eigenvalue weighted by molar-refractivity contribution is -0.123. The monoisotopic (exact) mass is 423 g/mol. The minimum atomic E-state index is -0.827. The number of halogens is 2. The normalized spacial score (nSPS) is 25.7. The van der Waals surface area contributed by atoms with E-state index in [1.807, 2.05) is 54.7 Å². The van der Waals surface area contributed by atoms with Crippen LogP contribution in [0.25, 0.3) is 0 Å². The molecule has 2 aliphatic heterocycles. The molecule has 3 heterocycles. The summed E-state index contributed by atoms with van der Waals surface area (Å²) in [7, 11) is 0. The van der Waals surface area contributed by atoms with Crippen LogP contribution in [0.3, 0.4) is 0 Å². The Morgan fingerprint density at radius 2 is 1.83 bits per heavy atom. The summed E-state index contributed by atoms with van der Waals surface area (Å²) in [5.74, 6) is -0.0733. The zero-order valence-corrected chi connectivity index (χ0v) is 17.0. The molecule has 6 heteroatoms. The second kappa shape index (κ2) is 7.13. The summed E-state index contributed by atoms with van der Waals surface area (Å²) in [5.41, 5.74) is 2.94. The maximum absolute atomic E-state index is 13.7. The molecule has 1 amide bonds. The first kappa shape index (κ1) is 18.6. The number of hydrogen-bond acceptors (Lipinski definition) is 3. The number of carbonyl (C=O) groups is 1. The molecule has 0 radical (unpaired) electrons. The number of benzene rings is 2. The maximum atomic E-state index is 13.7. The van der Waals surface area contributed by atoms with Crippen molar-refractivity contribution in [1.82, 2.24) is 10.3 Å². The van der Waals surface area contributed by atoms with Crippen molar-refractivity contribution in [1.29, 1.82) is 0 Å². The minimum absolute atomic E-state index is 0.0270. The molecule has 1 saturated heterocycles. The van der Waals surface area contributed by atoms with Gasteiger partial charge in [-0.1, -0.05) is 47.5 Å². The molecule has 3 atom stereocenters. The first-order valence-electron chi connectivity index (χ1n) is 9.61. The van der Waals surface area contributed by atoms with Gasteiger partial charge in [-0.15, -0.1) is 0 Å². The molecule has 3 unspecified atom stereocenters. The Bertz CT molecular complexity index is 1090. The number of aromatic nitrogens is 1. The summed E-state index contributed by atoms with van der Waals surface area (Å²) >= 11 is 12.6. The number of fused-ring (bicyclic) bond motifs is 2. The highest BCUT2D eigenvalue weighted by molar-refractivity contribution is 6.31. The third kappa shape index (κ3) is 2.86. The molecule has 0 saturated carbocycles. The van der Waals surface area contributed by atoms with E-state index in [9.17, 15) is 4.79 Å². The number of nitrogens with one attached hydrogen (secondary N) is 2. The molecule has 29 heavy (non-hydrogen) atoms. The lowest BCUT2D eigenvalue weighted by Gasteiger charge is -2.47. The second-order valence-corrected chi connectivity index (χ2v) is 8.46. The molecule has 1 spiro atoms. The molecule has 3 aromatic rings. The predicted molar refractivity (Wildman–Crippen MR) is 116 cm³/mol. The van der Waals surface area contributed by atoms with E-state index in [0.29, 0.717) is 10.0 Å². The van der Waals surface area contributed by atoms with Crippen molar-refractivity contribution in [3.05, 3.63) is 93.7 Å². The smallest absolute Gasteiger partial charge is 0.237 e. The van der Waals surface area contributed by atoms with Crippen molar-refractivity contribution in [3.63, 3.8) is 0 Å². The van der Waals surface area contributed by atoms with E-state index < -0.39 is 5.41 Å². The maximum Gasteiger partial charge on any atom is 0.237 e. The van der Waals surface area contributed by atoms with Crippen LogP contribution in [-0.2, 0) is 10.2 Å². The van der Waals surface area contributed by atoms with Gasteiger partial charge in [0.15, 0.2) is 0 Å². The van der Waals surface area contributed by atoms with Gasteiger partial charge in [-0.2, -0.15) is 0 Å². The van der Waals surface area contributed by atoms with Crippen LogP contribution in [-0.4, -0.2) is 17.4 Å². The lowest BCUT2D eigenvalue weighted by atomic mass is 9.59. The Balaban J connectivity index is 1.78. The number of amides is 1. The SMILES string of the molecule is O=C1Nc2cc(Cl)ccc2C12C(c1cccc(Cl)c1)CCNC2c1cccnc1. The quantitative estimate of drug-likeness (QED) is 0.602. The molecular formula is C23H19Cl2N3O. The summed E-state index contributed by atoms with van der Waals surface area (Å²) in [6.45, 7) is 0.786. The van der Waals surface area contributed by atoms with Gasteiger partial charge in [0.05, 0.1) is 6.04 Å². The molecule has 0 bridgehead atoms. The van der Waals surface area contributed by atoms with Crippen LogP contribution in [0, 0.1) is 0 Å². The van der Waals surface area contributed by atoms with Crippen molar-refractivity contribution >= 4 is 34.8 Å². The number of anilines is 1. The fourth-order valence-corrected chi connectivity index (χ4v) is 5.37. The van der Waals surface area contributed by atoms with Crippen molar-refractivity contribution in [2.75, 3.05) is 11.9 Å². The Morgan fingerprint density at radius 1 is 1.00 bits per heavy atom. The first-order chi connectivity index (χ1) is 14.1. The van der Waals surface area contributed by atoms with E-state index in [4.69, 9.17) is 23.2 Å². The largest absolute Gasteiger partial charge is 0.325 e. The second-order valence-electron chi connectivity index (χ2n) is 7.58. The molecule has 0 aliphatic carbocycles. The van der Waals surface area contributed by atoms with Crippen LogP contribution in [0.1, 0.15) is 35.1 Å². The molecule has 146 valence electrons. The van der Waals surface area contributed by atoms with Gasteiger partial charge >= 0.3 is 0 Å². The third-order valence-electron chi connectivity index (χ3n) is 6.11. The molecule has 2 aliphatic rings. The molecule has 2 aromatic carbocycles. The van der Waals surface area contributed by atoms with E-state index in [1.165, 1.54) is 0 Å². The van der Waals surface area contributed by atoms with Crippen molar-refractivity contribution in [2.45, 2.75) is 23.8 Å². The van der Waals surface area contributed by atoms with Gasteiger partial charge in [-0.05, 0) is 60.0 Å². The van der Waals surface area contributed by atoms with Gasteiger partial charge in [0, 0.05) is 34.0 Å². The zero-order chi connectivity index (χ0) is 20.0. The van der Waals surface area contributed by atoms with Gasteiger partial charge in [-0.3, -0.25) is 9.78 Å². The van der Waals surface area contributed by atoms with Gasteiger partial charge in [0.1, 0.15) is 5.41 Å². The molecule has 1 fully saturated rings. The lowest BCUT2D eigenvalue weighted by Crippen LogP contribution is -2.55. The van der Waals surface area contributed by atoms with Crippen LogP contribution < -0.4 is 10.6 Å². The van der Waals surface area contributed by atoms with Gasteiger partial charge in [0.2, 0.25) is 5.91 Å². The molecule has 4 nitrogen and oxygen atoms in total. The number of rotatable bonds is 2. The van der Waals surface area contributed by atoms with Gasteiger partial charge in [-0.25, -0.2) is 0 Å². The molecule has 1 aromatic heterocycles. The Morgan fingerprint density at radius 3 is 2.62 bits per heavy atom. The third-order valence-corrected chi connectivity index (χ3v) is 6.58. The number of pyridine rings is 1. The highest BCUT2D eigenvalue weighted by atomic mass is 35.5. The Kier molecular flexibility index (Phi) is 4.58. The Labute approximate surface area is 179 Å². The summed E-state index contributed by atoms with van der Waals surface area (Å²) in [6.07, 6.45) is 4.39. The fourth-order valence-electron chi connectivity index (χ4n) is 5.00. The number of carbonyl (C=O) groups excluding carboxylic acids is 1. The van der Waals surface area contributed by atoms with Crippen molar-refractivity contribution < 1.29 is 4.79 Å². The summed E-state index contributed by atoms with van der Waals surface area (Å²) < 4.78 is 0. The van der Waals surface area contributed by atoms with Gasteiger partial charge in [0.25, 0.3) is 0 Å². The van der Waals surface area contributed by atoms with Crippen LogP contribution in [0.4, 0.5) is 5.69 Å². The standard InChI is InChI=1S/C23H19Cl2N3O/c24-16-5-1-3-14(11-16)18-8-10-27-21(15-4-2-9-26-13-15)23(18)19-7-6-17(25)12-20(19)28-22(23)29/h1-7,9,11-13,18,21,27H,8,10H2,(H,28,29). The van der Waals surface area contributed by atoms with E-state index in [1.54, 1.807) is 6.20 Å². The van der Waals surface area contributed by atoms with E-state index in [2.05, 4.69) is 21.7 Å². The number of hydrogen-bond donors (Lipinski definition) is 2.